The van der Waals surface area contributed by atoms with Crippen molar-refractivity contribution in [3.05, 3.63) is 65.0 Å². The van der Waals surface area contributed by atoms with Gasteiger partial charge in [-0.3, -0.25) is 9.59 Å². The SMILES string of the molecule is COCCN1C(=O)C(=O)/C(=C(\O)c2ccc(OC)c(OC)c2)C1c1ccc(F)cc1. The number of nitrogens with zero attached hydrogens (tertiary/aromatic N) is 1. The maximum atomic E-state index is 13.4. The molecule has 1 N–H and O–H groups in total. The number of ether oxygens (including phenoxy) is 3. The summed E-state index contributed by atoms with van der Waals surface area (Å²) in [5.74, 6) is -1.59. The van der Waals surface area contributed by atoms with Crippen LogP contribution in [0.4, 0.5) is 4.39 Å². The van der Waals surface area contributed by atoms with Crippen LogP contribution in [0, 0.1) is 5.82 Å². The predicted molar refractivity (Wildman–Crippen MR) is 107 cm³/mol. The molecule has 1 heterocycles. The second-order valence-corrected chi connectivity index (χ2v) is 6.61. The van der Waals surface area contributed by atoms with E-state index in [-0.39, 0.29) is 30.0 Å². The standard InChI is InChI=1S/C22H22FNO6/c1-28-11-10-24-19(13-4-7-15(23)8-5-13)18(21(26)22(24)27)20(25)14-6-9-16(29-2)17(12-14)30-3/h4-9,12,19,25H,10-11H2,1-3H3/b20-18-. The fourth-order valence-corrected chi connectivity index (χ4v) is 3.43. The maximum Gasteiger partial charge on any atom is 0.295 e. The van der Waals surface area contributed by atoms with Crippen LogP contribution in [-0.4, -0.2) is 56.2 Å². The van der Waals surface area contributed by atoms with Crippen LogP contribution in [0.5, 0.6) is 11.5 Å². The van der Waals surface area contributed by atoms with Gasteiger partial charge in [0.05, 0.1) is 32.4 Å². The number of carbonyl (C=O) groups excluding carboxylic acids is 2. The van der Waals surface area contributed by atoms with Crippen molar-refractivity contribution in [2.24, 2.45) is 0 Å². The molecule has 3 rings (SSSR count). The largest absolute Gasteiger partial charge is 0.507 e. The molecule has 1 saturated heterocycles. The number of ketones is 1. The van der Waals surface area contributed by atoms with Crippen molar-refractivity contribution in [2.45, 2.75) is 6.04 Å². The number of carbonyl (C=O) groups is 2. The Kier molecular flexibility index (Phi) is 6.37. The molecule has 0 aliphatic carbocycles. The molecule has 1 aliphatic rings. The normalized spacial score (nSPS) is 18.0. The highest BCUT2D eigenvalue weighted by Crippen LogP contribution is 2.40. The third-order valence-corrected chi connectivity index (χ3v) is 4.92. The molecule has 0 bridgehead atoms. The molecule has 0 radical (unpaired) electrons. The van der Waals surface area contributed by atoms with E-state index in [4.69, 9.17) is 14.2 Å². The number of Topliss-reactive ketones (excluding diaryl/α,β-unsaturated/α-hetero) is 1. The average Bonchev–Trinajstić information content (AvgIpc) is 3.01. The zero-order chi connectivity index (χ0) is 21.8. The second-order valence-electron chi connectivity index (χ2n) is 6.61. The number of amides is 1. The van der Waals surface area contributed by atoms with E-state index in [0.29, 0.717) is 17.1 Å². The van der Waals surface area contributed by atoms with Gasteiger partial charge in [0.1, 0.15) is 11.6 Å². The Balaban J connectivity index is 2.16. The van der Waals surface area contributed by atoms with Crippen molar-refractivity contribution in [3.63, 3.8) is 0 Å². The van der Waals surface area contributed by atoms with Crippen LogP contribution in [0.1, 0.15) is 17.2 Å². The lowest BCUT2D eigenvalue weighted by molar-refractivity contribution is -0.140. The second kappa shape index (κ2) is 8.96. The van der Waals surface area contributed by atoms with Gasteiger partial charge in [0, 0.05) is 19.2 Å². The summed E-state index contributed by atoms with van der Waals surface area (Å²) in [7, 11) is 4.41. The summed E-state index contributed by atoms with van der Waals surface area (Å²) >= 11 is 0. The van der Waals surface area contributed by atoms with E-state index in [1.165, 1.54) is 56.6 Å². The van der Waals surface area contributed by atoms with E-state index in [9.17, 15) is 19.1 Å². The molecule has 2 aromatic carbocycles. The van der Waals surface area contributed by atoms with E-state index < -0.39 is 23.5 Å². The highest BCUT2D eigenvalue weighted by Gasteiger charge is 2.45. The van der Waals surface area contributed by atoms with Gasteiger partial charge in [-0.1, -0.05) is 12.1 Å². The number of hydrogen-bond acceptors (Lipinski definition) is 6. The summed E-state index contributed by atoms with van der Waals surface area (Å²) in [6.07, 6.45) is 0. The number of methoxy groups -OCH3 is 3. The fourth-order valence-electron chi connectivity index (χ4n) is 3.43. The molecule has 1 fully saturated rings. The molecule has 1 amide bonds. The lowest BCUT2D eigenvalue weighted by atomic mass is 9.95. The van der Waals surface area contributed by atoms with E-state index in [0.717, 1.165) is 0 Å². The number of rotatable bonds is 7. The molecule has 1 atom stereocenters. The lowest BCUT2D eigenvalue weighted by Gasteiger charge is -2.25. The average molecular weight is 415 g/mol. The van der Waals surface area contributed by atoms with E-state index in [1.807, 2.05) is 0 Å². The van der Waals surface area contributed by atoms with E-state index in [1.54, 1.807) is 12.1 Å². The Hall–Kier alpha value is -3.39. The number of likely N-dealkylation sites (tertiary alicyclic amines) is 1. The Labute approximate surface area is 173 Å². The minimum absolute atomic E-state index is 0.0880. The highest BCUT2D eigenvalue weighted by molar-refractivity contribution is 6.46. The van der Waals surface area contributed by atoms with Crippen LogP contribution in [0.15, 0.2) is 48.0 Å². The molecule has 0 saturated carbocycles. The number of aliphatic hydroxyl groups excluding tert-OH is 1. The molecule has 2 aromatic rings. The summed E-state index contributed by atoms with van der Waals surface area (Å²) in [6.45, 7) is 0.326. The van der Waals surface area contributed by atoms with E-state index in [2.05, 4.69) is 0 Å². The number of hydrogen-bond donors (Lipinski definition) is 1. The van der Waals surface area contributed by atoms with Gasteiger partial charge >= 0.3 is 0 Å². The molecule has 0 aromatic heterocycles. The van der Waals surface area contributed by atoms with Gasteiger partial charge in [-0.05, 0) is 35.9 Å². The van der Waals surface area contributed by atoms with Crippen molar-refractivity contribution in [1.82, 2.24) is 4.90 Å². The first-order valence-corrected chi connectivity index (χ1v) is 9.18. The van der Waals surface area contributed by atoms with Crippen molar-refractivity contribution in [3.8, 4) is 11.5 Å². The van der Waals surface area contributed by atoms with Crippen LogP contribution in [-0.2, 0) is 14.3 Å². The van der Waals surface area contributed by atoms with Crippen molar-refractivity contribution < 1.29 is 33.3 Å². The van der Waals surface area contributed by atoms with Gasteiger partial charge in [-0.2, -0.15) is 0 Å². The summed E-state index contributed by atoms with van der Waals surface area (Å²) < 4.78 is 29.0. The maximum absolute atomic E-state index is 13.4. The van der Waals surface area contributed by atoms with E-state index >= 15 is 0 Å². The molecule has 158 valence electrons. The zero-order valence-corrected chi connectivity index (χ0v) is 16.8. The molecular weight excluding hydrogens is 393 g/mol. The van der Waals surface area contributed by atoms with Crippen LogP contribution < -0.4 is 9.47 Å². The Bertz CT molecular complexity index is 986. The Morgan fingerprint density at radius 3 is 2.30 bits per heavy atom. The molecule has 30 heavy (non-hydrogen) atoms. The van der Waals surface area contributed by atoms with Crippen LogP contribution >= 0.6 is 0 Å². The summed E-state index contributed by atoms with van der Waals surface area (Å²) in [5, 5.41) is 11.0. The predicted octanol–water partition coefficient (Wildman–Crippen LogP) is 2.91. The minimum Gasteiger partial charge on any atom is -0.507 e. The zero-order valence-electron chi connectivity index (χ0n) is 16.8. The third-order valence-electron chi connectivity index (χ3n) is 4.92. The topological polar surface area (TPSA) is 85.3 Å². The first-order valence-electron chi connectivity index (χ1n) is 9.18. The van der Waals surface area contributed by atoms with Gasteiger partial charge in [-0.25, -0.2) is 4.39 Å². The van der Waals surface area contributed by atoms with Gasteiger partial charge < -0.3 is 24.2 Å². The van der Waals surface area contributed by atoms with Gasteiger partial charge in [0.25, 0.3) is 11.7 Å². The van der Waals surface area contributed by atoms with Crippen LogP contribution in [0.2, 0.25) is 0 Å². The molecule has 0 spiro atoms. The molecule has 8 heteroatoms. The first-order chi connectivity index (χ1) is 14.4. The van der Waals surface area contributed by atoms with Crippen molar-refractivity contribution >= 4 is 17.4 Å². The van der Waals surface area contributed by atoms with Crippen LogP contribution in [0.3, 0.4) is 0 Å². The molecule has 1 unspecified atom stereocenters. The molecule has 7 nitrogen and oxygen atoms in total. The smallest absolute Gasteiger partial charge is 0.295 e. The van der Waals surface area contributed by atoms with Gasteiger partial charge in [-0.15, -0.1) is 0 Å². The first kappa shape index (κ1) is 21.3. The summed E-state index contributed by atoms with van der Waals surface area (Å²) in [6, 6.07) is 9.21. The number of benzene rings is 2. The Morgan fingerprint density at radius 2 is 1.70 bits per heavy atom. The molecular formula is C22H22FNO6. The molecule has 1 aliphatic heterocycles. The third kappa shape index (κ3) is 3.86. The number of aliphatic hydroxyl groups is 1. The van der Waals surface area contributed by atoms with Crippen LogP contribution in [0.25, 0.3) is 5.76 Å². The summed E-state index contributed by atoms with van der Waals surface area (Å²) in [5.41, 5.74) is 0.688. The highest BCUT2D eigenvalue weighted by atomic mass is 19.1. The fraction of sp³-hybridized carbons (Fsp3) is 0.273. The Morgan fingerprint density at radius 1 is 1.03 bits per heavy atom. The lowest BCUT2D eigenvalue weighted by Crippen LogP contribution is -2.32. The summed E-state index contributed by atoms with van der Waals surface area (Å²) in [4.78, 5) is 26.8. The van der Waals surface area contributed by atoms with Crippen molar-refractivity contribution in [2.75, 3.05) is 34.5 Å². The van der Waals surface area contributed by atoms with Crippen molar-refractivity contribution in [1.29, 1.82) is 0 Å². The monoisotopic (exact) mass is 415 g/mol. The quantitative estimate of drug-likeness (QED) is 0.425. The van der Waals surface area contributed by atoms with Gasteiger partial charge in [0.2, 0.25) is 0 Å². The van der Waals surface area contributed by atoms with Gasteiger partial charge in [0.15, 0.2) is 11.5 Å². The number of halogens is 1. The minimum atomic E-state index is -0.881.